The van der Waals surface area contributed by atoms with E-state index in [0.29, 0.717) is 19.4 Å². The third-order valence-electron chi connectivity index (χ3n) is 4.48. The second kappa shape index (κ2) is 9.13. The monoisotopic (exact) mass is 336 g/mol. The van der Waals surface area contributed by atoms with Crippen molar-refractivity contribution in [3.63, 3.8) is 0 Å². The zero-order valence-electron chi connectivity index (χ0n) is 13.9. The Bertz CT molecular complexity index is 391. The van der Waals surface area contributed by atoms with E-state index in [4.69, 9.17) is 0 Å². The third-order valence-corrected chi connectivity index (χ3v) is 4.48. The van der Waals surface area contributed by atoms with Crippen LogP contribution >= 0.6 is 0 Å². The lowest BCUT2D eigenvalue weighted by Crippen LogP contribution is -2.47. The number of hydrogen-bond donors (Lipinski definition) is 1. The van der Waals surface area contributed by atoms with Crippen molar-refractivity contribution in [2.24, 2.45) is 11.8 Å². The summed E-state index contributed by atoms with van der Waals surface area (Å²) in [6.45, 7) is 4.76. The first-order valence-corrected chi connectivity index (χ1v) is 8.43. The van der Waals surface area contributed by atoms with Crippen LogP contribution in [0.2, 0.25) is 0 Å². The van der Waals surface area contributed by atoms with Gasteiger partial charge in [0.15, 0.2) is 0 Å². The molecule has 23 heavy (non-hydrogen) atoms. The molecule has 1 aliphatic rings. The summed E-state index contributed by atoms with van der Waals surface area (Å²) >= 11 is 0. The van der Waals surface area contributed by atoms with Crippen LogP contribution in [0.1, 0.15) is 52.4 Å². The second-order valence-electron chi connectivity index (χ2n) is 6.23. The Morgan fingerprint density at radius 1 is 1.22 bits per heavy atom. The van der Waals surface area contributed by atoms with E-state index in [1.165, 1.54) is 0 Å². The molecule has 2 amide bonds. The van der Waals surface area contributed by atoms with Gasteiger partial charge in [-0.05, 0) is 31.6 Å². The summed E-state index contributed by atoms with van der Waals surface area (Å²) < 4.78 is 37.1. The van der Waals surface area contributed by atoms with Crippen LogP contribution in [-0.2, 0) is 9.59 Å². The molecule has 1 aliphatic heterocycles. The SMILES string of the molecule is CCCC[C@@H](CC)C(=O)NCC1CCN(C(=O)C(F)(F)F)CC1. The van der Waals surface area contributed by atoms with Gasteiger partial charge < -0.3 is 10.2 Å². The zero-order valence-corrected chi connectivity index (χ0v) is 13.9. The number of unbranched alkanes of at least 4 members (excludes halogenated alkanes) is 1. The number of amides is 2. The first-order valence-electron chi connectivity index (χ1n) is 8.43. The van der Waals surface area contributed by atoms with Crippen molar-refractivity contribution in [1.29, 1.82) is 0 Å². The van der Waals surface area contributed by atoms with E-state index >= 15 is 0 Å². The standard InChI is InChI=1S/C16H27F3N2O2/c1-3-5-6-13(4-2)14(22)20-11-12-7-9-21(10-8-12)15(23)16(17,18)19/h12-13H,3-11H2,1-2H3,(H,20,22)/t13-/m1/s1. The fraction of sp³-hybridized carbons (Fsp3) is 0.875. The maximum absolute atomic E-state index is 12.4. The van der Waals surface area contributed by atoms with Crippen LogP contribution in [0.5, 0.6) is 0 Å². The second-order valence-corrected chi connectivity index (χ2v) is 6.23. The molecule has 0 aliphatic carbocycles. The number of piperidine rings is 1. The van der Waals surface area contributed by atoms with Gasteiger partial charge in [0.2, 0.25) is 5.91 Å². The Labute approximate surface area is 135 Å². The Balaban J connectivity index is 2.33. The van der Waals surface area contributed by atoms with Crippen LogP contribution in [0.4, 0.5) is 13.2 Å². The van der Waals surface area contributed by atoms with E-state index in [1.807, 2.05) is 6.92 Å². The van der Waals surface area contributed by atoms with Gasteiger partial charge in [0.25, 0.3) is 0 Å². The summed E-state index contributed by atoms with van der Waals surface area (Å²) in [4.78, 5) is 24.1. The number of nitrogens with one attached hydrogen (secondary N) is 1. The van der Waals surface area contributed by atoms with E-state index in [2.05, 4.69) is 12.2 Å². The Hall–Kier alpha value is -1.27. The summed E-state index contributed by atoms with van der Waals surface area (Å²) in [5, 5.41) is 2.92. The van der Waals surface area contributed by atoms with Crippen molar-refractivity contribution in [3.8, 4) is 0 Å². The fourth-order valence-electron chi connectivity index (χ4n) is 2.88. The molecule has 1 saturated heterocycles. The minimum absolute atomic E-state index is 0.0156. The highest BCUT2D eigenvalue weighted by Gasteiger charge is 2.43. The highest BCUT2D eigenvalue weighted by molar-refractivity contribution is 5.82. The molecule has 134 valence electrons. The van der Waals surface area contributed by atoms with Gasteiger partial charge in [-0.1, -0.05) is 26.7 Å². The zero-order chi connectivity index (χ0) is 17.5. The quantitative estimate of drug-likeness (QED) is 0.776. The minimum Gasteiger partial charge on any atom is -0.356 e. The largest absolute Gasteiger partial charge is 0.471 e. The Morgan fingerprint density at radius 3 is 2.30 bits per heavy atom. The summed E-state index contributed by atoms with van der Waals surface area (Å²) in [5.41, 5.74) is 0. The summed E-state index contributed by atoms with van der Waals surface area (Å²) in [6.07, 6.45) is -0.0720. The fourth-order valence-corrected chi connectivity index (χ4v) is 2.88. The van der Waals surface area contributed by atoms with Gasteiger partial charge in [-0.15, -0.1) is 0 Å². The number of likely N-dealkylation sites (tertiary alicyclic amines) is 1. The molecular formula is C16H27F3N2O2. The topological polar surface area (TPSA) is 49.4 Å². The smallest absolute Gasteiger partial charge is 0.356 e. The van der Waals surface area contributed by atoms with E-state index in [-0.39, 0.29) is 30.8 Å². The summed E-state index contributed by atoms with van der Waals surface area (Å²) in [6, 6.07) is 0. The molecule has 1 heterocycles. The highest BCUT2D eigenvalue weighted by atomic mass is 19.4. The van der Waals surface area contributed by atoms with Crippen LogP contribution in [0.15, 0.2) is 0 Å². The van der Waals surface area contributed by atoms with Gasteiger partial charge in [-0.2, -0.15) is 13.2 Å². The number of carbonyl (C=O) groups excluding carboxylic acids is 2. The number of carbonyl (C=O) groups is 2. The molecule has 1 N–H and O–H groups in total. The van der Waals surface area contributed by atoms with Gasteiger partial charge in [0.05, 0.1) is 0 Å². The molecule has 4 nitrogen and oxygen atoms in total. The molecule has 1 rings (SSSR count). The van der Waals surface area contributed by atoms with E-state index in [1.54, 1.807) is 0 Å². The van der Waals surface area contributed by atoms with Crippen LogP contribution in [0.25, 0.3) is 0 Å². The van der Waals surface area contributed by atoms with Crippen molar-refractivity contribution in [3.05, 3.63) is 0 Å². The highest BCUT2D eigenvalue weighted by Crippen LogP contribution is 2.23. The number of alkyl halides is 3. The van der Waals surface area contributed by atoms with Crippen molar-refractivity contribution >= 4 is 11.8 Å². The average Bonchev–Trinajstić information content (AvgIpc) is 2.52. The van der Waals surface area contributed by atoms with Crippen LogP contribution in [0.3, 0.4) is 0 Å². The predicted molar refractivity (Wildman–Crippen MR) is 81.7 cm³/mol. The van der Waals surface area contributed by atoms with E-state index in [9.17, 15) is 22.8 Å². The first-order chi connectivity index (χ1) is 10.8. The molecule has 0 saturated carbocycles. The van der Waals surface area contributed by atoms with Crippen molar-refractivity contribution in [2.45, 2.75) is 58.5 Å². The lowest BCUT2D eigenvalue weighted by molar-refractivity contribution is -0.186. The van der Waals surface area contributed by atoms with Gasteiger partial charge in [0, 0.05) is 25.6 Å². The molecule has 0 aromatic rings. The van der Waals surface area contributed by atoms with Crippen LogP contribution in [0, 0.1) is 11.8 Å². The molecule has 0 bridgehead atoms. The molecule has 0 aromatic carbocycles. The van der Waals surface area contributed by atoms with Gasteiger partial charge >= 0.3 is 12.1 Å². The van der Waals surface area contributed by atoms with Gasteiger partial charge in [-0.25, -0.2) is 0 Å². The summed E-state index contributed by atoms with van der Waals surface area (Å²) in [7, 11) is 0. The van der Waals surface area contributed by atoms with Crippen LogP contribution in [-0.4, -0.2) is 42.5 Å². The molecule has 0 spiro atoms. The number of hydrogen-bond acceptors (Lipinski definition) is 2. The molecule has 1 fully saturated rings. The molecule has 7 heteroatoms. The minimum atomic E-state index is -4.80. The maximum atomic E-state index is 12.4. The molecule has 0 aromatic heterocycles. The van der Waals surface area contributed by atoms with Crippen LogP contribution < -0.4 is 5.32 Å². The number of rotatable bonds is 7. The van der Waals surface area contributed by atoms with E-state index in [0.717, 1.165) is 30.6 Å². The number of halogens is 3. The number of nitrogens with zero attached hydrogens (tertiary/aromatic N) is 1. The van der Waals surface area contributed by atoms with Crippen molar-refractivity contribution in [1.82, 2.24) is 10.2 Å². The molecular weight excluding hydrogens is 309 g/mol. The normalized spacial score (nSPS) is 17.9. The molecule has 0 radical (unpaired) electrons. The lowest BCUT2D eigenvalue weighted by atomic mass is 9.95. The molecule has 1 atom stereocenters. The van der Waals surface area contributed by atoms with Gasteiger partial charge in [-0.3, -0.25) is 9.59 Å². The van der Waals surface area contributed by atoms with E-state index < -0.39 is 12.1 Å². The molecule has 0 unspecified atom stereocenters. The summed E-state index contributed by atoms with van der Waals surface area (Å²) in [5.74, 6) is -1.57. The Morgan fingerprint density at radius 2 is 1.83 bits per heavy atom. The van der Waals surface area contributed by atoms with Crippen molar-refractivity contribution < 1.29 is 22.8 Å². The third kappa shape index (κ3) is 6.39. The predicted octanol–water partition coefficient (Wildman–Crippen LogP) is 3.12. The maximum Gasteiger partial charge on any atom is 0.471 e. The average molecular weight is 336 g/mol. The lowest BCUT2D eigenvalue weighted by Gasteiger charge is -2.32. The first kappa shape index (κ1) is 19.8. The van der Waals surface area contributed by atoms with Crippen molar-refractivity contribution in [2.75, 3.05) is 19.6 Å². The van der Waals surface area contributed by atoms with Gasteiger partial charge in [0.1, 0.15) is 0 Å². The Kier molecular flexibility index (Phi) is 7.85.